The van der Waals surface area contributed by atoms with Gasteiger partial charge in [0.15, 0.2) is 0 Å². The summed E-state index contributed by atoms with van der Waals surface area (Å²) in [7, 11) is 0. The minimum absolute atomic E-state index is 0.170. The Labute approximate surface area is 87.4 Å². The molecule has 0 radical (unpaired) electrons. The van der Waals surface area contributed by atoms with E-state index in [1.807, 2.05) is 13.8 Å². The molecule has 0 aromatic carbocycles. The first-order valence-corrected chi connectivity index (χ1v) is 5.62. The van der Waals surface area contributed by atoms with Gasteiger partial charge < -0.3 is 11.1 Å². The highest BCUT2D eigenvalue weighted by atomic mass is 16.1. The summed E-state index contributed by atoms with van der Waals surface area (Å²) < 4.78 is 0. The number of unbranched alkanes of at least 4 members (excludes halogenated alkanes) is 3. The second-order valence-corrected chi connectivity index (χ2v) is 4.14. The van der Waals surface area contributed by atoms with E-state index in [0.29, 0.717) is 0 Å². The lowest BCUT2D eigenvalue weighted by molar-refractivity contribution is -0.121. The van der Waals surface area contributed by atoms with Crippen molar-refractivity contribution in [1.82, 2.24) is 5.32 Å². The number of nitrogens with two attached hydrogens (primary N) is 1. The molecule has 0 aliphatic heterocycles. The Hall–Kier alpha value is -0.570. The third-order valence-electron chi connectivity index (χ3n) is 2.37. The average Bonchev–Trinajstić information content (AvgIpc) is 2.09. The lowest BCUT2D eigenvalue weighted by atomic mass is 10.0. The zero-order chi connectivity index (χ0) is 11.0. The summed E-state index contributed by atoms with van der Waals surface area (Å²) in [6, 6.07) is -0.170. The molecule has 3 heteroatoms. The minimum Gasteiger partial charge on any atom is -0.368 e. The highest BCUT2D eigenvalue weighted by Crippen LogP contribution is 2.02. The number of hydrogen-bond donors (Lipinski definition) is 2. The van der Waals surface area contributed by atoms with Gasteiger partial charge in [0.2, 0.25) is 5.91 Å². The summed E-state index contributed by atoms with van der Waals surface area (Å²) in [5.41, 5.74) is 5.28. The second-order valence-electron chi connectivity index (χ2n) is 4.14. The van der Waals surface area contributed by atoms with E-state index in [9.17, 15) is 4.79 Å². The molecule has 0 fully saturated rings. The van der Waals surface area contributed by atoms with Gasteiger partial charge in [-0.1, -0.05) is 40.0 Å². The molecular weight excluding hydrogens is 176 g/mol. The number of carbonyl (C=O) groups is 1. The molecule has 0 bridgehead atoms. The predicted octanol–water partition coefficient (Wildman–Crippen LogP) is 1.67. The smallest absolute Gasteiger partial charge is 0.234 e. The molecule has 1 atom stereocenters. The topological polar surface area (TPSA) is 55.1 Å². The van der Waals surface area contributed by atoms with Crippen LogP contribution in [0.2, 0.25) is 0 Å². The van der Waals surface area contributed by atoms with Gasteiger partial charge in [0.05, 0.1) is 6.04 Å². The van der Waals surface area contributed by atoms with Crippen LogP contribution >= 0.6 is 0 Å². The van der Waals surface area contributed by atoms with Gasteiger partial charge in [-0.15, -0.1) is 0 Å². The monoisotopic (exact) mass is 200 g/mol. The van der Waals surface area contributed by atoms with Crippen LogP contribution in [-0.4, -0.2) is 18.5 Å². The summed E-state index contributed by atoms with van der Waals surface area (Å²) in [6.07, 6.45) is 4.87. The van der Waals surface area contributed by atoms with Crippen LogP contribution in [0, 0.1) is 5.92 Å². The largest absolute Gasteiger partial charge is 0.368 e. The summed E-state index contributed by atoms with van der Waals surface area (Å²) in [6.45, 7) is 7.10. The summed E-state index contributed by atoms with van der Waals surface area (Å²) in [5.74, 6) is 0.0363. The predicted molar refractivity (Wildman–Crippen MR) is 60.0 cm³/mol. The maximum absolute atomic E-state index is 11.0. The maximum atomic E-state index is 11.0. The first-order chi connectivity index (χ1) is 6.59. The quantitative estimate of drug-likeness (QED) is 0.586. The third kappa shape index (κ3) is 5.97. The van der Waals surface area contributed by atoms with Crippen molar-refractivity contribution in [2.45, 2.75) is 52.5 Å². The van der Waals surface area contributed by atoms with E-state index in [1.54, 1.807) is 0 Å². The molecule has 14 heavy (non-hydrogen) atoms. The van der Waals surface area contributed by atoms with Gasteiger partial charge in [-0.3, -0.25) is 4.79 Å². The molecule has 0 aromatic heterocycles. The second kappa shape index (κ2) is 7.80. The fraction of sp³-hybridized carbons (Fsp3) is 0.909. The maximum Gasteiger partial charge on any atom is 0.234 e. The molecular formula is C11H24N2O. The fourth-order valence-electron chi connectivity index (χ4n) is 1.47. The highest BCUT2D eigenvalue weighted by molar-refractivity contribution is 5.80. The molecule has 1 amide bonds. The van der Waals surface area contributed by atoms with E-state index in [0.717, 1.165) is 13.0 Å². The molecule has 0 spiro atoms. The normalized spacial score (nSPS) is 13.1. The Morgan fingerprint density at radius 2 is 1.93 bits per heavy atom. The Bertz CT molecular complexity index is 157. The van der Waals surface area contributed by atoms with Gasteiger partial charge >= 0.3 is 0 Å². The van der Waals surface area contributed by atoms with E-state index in [4.69, 9.17) is 5.73 Å². The first-order valence-electron chi connectivity index (χ1n) is 5.62. The van der Waals surface area contributed by atoms with Crippen molar-refractivity contribution in [1.29, 1.82) is 0 Å². The summed E-state index contributed by atoms with van der Waals surface area (Å²) in [4.78, 5) is 11.0. The van der Waals surface area contributed by atoms with Crippen LogP contribution in [0.1, 0.15) is 46.5 Å². The van der Waals surface area contributed by atoms with Gasteiger partial charge in [-0.25, -0.2) is 0 Å². The lowest BCUT2D eigenvalue weighted by Gasteiger charge is -2.18. The van der Waals surface area contributed by atoms with Crippen LogP contribution in [0.4, 0.5) is 0 Å². The number of primary amides is 1. The Morgan fingerprint density at radius 3 is 2.36 bits per heavy atom. The van der Waals surface area contributed by atoms with E-state index in [2.05, 4.69) is 12.2 Å². The van der Waals surface area contributed by atoms with Crippen molar-refractivity contribution in [2.24, 2.45) is 11.7 Å². The summed E-state index contributed by atoms with van der Waals surface area (Å²) >= 11 is 0. The van der Waals surface area contributed by atoms with Gasteiger partial charge in [-0.05, 0) is 18.9 Å². The number of hydrogen-bond acceptors (Lipinski definition) is 2. The van der Waals surface area contributed by atoms with Crippen LogP contribution in [0.3, 0.4) is 0 Å². The van der Waals surface area contributed by atoms with Crippen LogP contribution in [0.5, 0.6) is 0 Å². The Morgan fingerprint density at radius 1 is 1.29 bits per heavy atom. The number of nitrogens with one attached hydrogen (secondary N) is 1. The van der Waals surface area contributed by atoms with Crippen molar-refractivity contribution in [3.05, 3.63) is 0 Å². The standard InChI is InChI=1S/C11H24N2O/c1-4-5-6-7-8-13-10(9(2)3)11(12)14/h9-10,13H,4-8H2,1-3H3,(H2,12,14)/t10-/m0/s1. The molecule has 0 saturated carbocycles. The molecule has 3 nitrogen and oxygen atoms in total. The van der Waals surface area contributed by atoms with E-state index < -0.39 is 0 Å². The average molecular weight is 200 g/mol. The Kier molecular flexibility index (Phi) is 7.48. The van der Waals surface area contributed by atoms with Crippen LogP contribution in [-0.2, 0) is 4.79 Å². The zero-order valence-electron chi connectivity index (χ0n) is 9.68. The molecule has 0 saturated heterocycles. The minimum atomic E-state index is -0.240. The van der Waals surface area contributed by atoms with Gasteiger partial charge in [0.1, 0.15) is 0 Å². The number of amides is 1. The van der Waals surface area contributed by atoms with Crippen molar-refractivity contribution in [2.75, 3.05) is 6.54 Å². The van der Waals surface area contributed by atoms with Gasteiger partial charge in [-0.2, -0.15) is 0 Å². The Balaban J connectivity index is 3.57. The SMILES string of the molecule is CCCCCCN[C@H](C(N)=O)C(C)C. The van der Waals surface area contributed by atoms with Crippen LogP contribution in [0.15, 0.2) is 0 Å². The molecule has 84 valence electrons. The molecule has 0 unspecified atom stereocenters. The van der Waals surface area contributed by atoms with Gasteiger partial charge in [0.25, 0.3) is 0 Å². The number of rotatable bonds is 8. The molecule has 0 rings (SSSR count). The van der Waals surface area contributed by atoms with Crippen molar-refractivity contribution in [3.8, 4) is 0 Å². The van der Waals surface area contributed by atoms with Crippen LogP contribution < -0.4 is 11.1 Å². The van der Waals surface area contributed by atoms with Crippen molar-refractivity contribution in [3.63, 3.8) is 0 Å². The van der Waals surface area contributed by atoms with Gasteiger partial charge in [0, 0.05) is 0 Å². The summed E-state index contributed by atoms with van der Waals surface area (Å²) in [5, 5.41) is 3.20. The number of carbonyl (C=O) groups excluding carboxylic acids is 1. The highest BCUT2D eigenvalue weighted by Gasteiger charge is 2.17. The van der Waals surface area contributed by atoms with E-state index in [1.165, 1.54) is 19.3 Å². The molecule has 0 aliphatic carbocycles. The molecule has 0 aromatic rings. The van der Waals surface area contributed by atoms with Crippen LogP contribution in [0.25, 0.3) is 0 Å². The molecule has 0 aliphatic rings. The zero-order valence-corrected chi connectivity index (χ0v) is 9.68. The van der Waals surface area contributed by atoms with E-state index >= 15 is 0 Å². The lowest BCUT2D eigenvalue weighted by Crippen LogP contribution is -2.45. The molecule has 0 heterocycles. The third-order valence-corrected chi connectivity index (χ3v) is 2.37. The fourth-order valence-corrected chi connectivity index (χ4v) is 1.47. The molecule has 3 N–H and O–H groups in total. The first kappa shape index (κ1) is 13.4. The van der Waals surface area contributed by atoms with Crippen molar-refractivity contribution >= 4 is 5.91 Å². The van der Waals surface area contributed by atoms with E-state index in [-0.39, 0.29) is 17.9 Å². The van der Waals surface area contributed by atoms with Crippen molar-refractivity contribution < 1.29 is 4.79 Å².